The zero-order valence-corrected chi connectivity index (χ0v) is 12.1. The molecule has 0 aromatic heterocycles. The summed E-state index contributed by atoms with van der Waals surface area (Å²) in [4.78, 5) is -0.266. The second-order valence-corrected chi connectivity index (χ2v) is 7.22. The van der Waals surface area contributed by atoms with Crippen molar-refractivity contribution >= 4 is 11.6 Å². The molecule has 1 nitrogen and oxygen atoms in total. The molecule has 0 aliphatic heterocycles. The summed E-state index contributed by atoms with van der Waals surface area (Å²) in [6, 6.07) is 0. The Morgan fingerprint density at radius 1 is 1.07 bits per heavy atom. The highest BCUT2D eigenvalue weighted by Gasteiger charge is 2.26. The lowest BCUT2D eigenvalue weighted by molar-refractivity contribution is -0.0439. The zero-order chi connectivity index (χ0) is 12.3. The first kappa shape index (κ1) is 15.2. The Morgan fingerprint density at radius 3 is 1.87 bits per heavy atom. The molecule has 0 aromatic rings. The minimum absolute atomic E-state index is 0.0736. The summed E-state index contributed by atoms with van der Waals surface area (Å²) in [5.74, 6) is 1.38. The number of halogens is 1. The molecule has 0 bridgehead atoms. The van der Waals surface area contributed by atoms with Crippen molar-refractivity contribution in [1.29, 1.82) is 0 Å². The van der Waals surface area contributed by atoms with Gasteiger partial charge in [-0.15, -0.1) is 11.6 Å². The molecule has 0 amide bonds. The molecular weight excluding hydrogens is 208 g/mol. The quantitative estimate of drug-likeness (QED) is 0.616. The second-order valence-electron chi connectivity index (χ2n) is 6.19. The SMILES string of the molecule is CC(C)C(C)CC(C)(C)OCC(C)(C)Cl. The average molecular weight is 235 g/mol. The molecule has 2 heteroatoms. The van der Waals surface area contributed by atoms with Gasteiger partial charge in [-0.1, -0.05) is 20.8 Å². The van der Waals surface area contributed by atoms with Crippen molar-refractivity contribution in [1.82, 2.24) is 0 Å². The first-order valence-electron chi connectivity index (χ1n) is 5.86. The summed E-state index contributed by atoms with van der Waals surface area (Å²) >= 11 is 6.11. The lowest BCUT2D eigenvalue weighted by atomic mass is 9.87. The van der Waals surface area contributed by atoms with E-state index in [0.29, 0.717) is 18.4 Å². The van der Waals surface area contributed by atoms with E-state index in [1.807, 2.05) is 13.8 Å². The molecule has 0 heterocycles. The van der Waals surface area contributed by atoms with Gasteiger partial charge in [0.25, 0.3) is 0 Å². The maximum Gasteiger partial charge on any atom is 0.0660 e. The maximum absolute atomic E-state index is 6.11. The van der Waals surface area contributed by atoms with Crippen molar-refractivity contribution in [2.75, 3.05) is 6.61 Å². The Labute approximate surface area is 101 Å². The lowest BCUT2D eigenvalue weighted by Crippen LogP contribution is -2.33. The monoisotopic (exact) mass is 234 g/mol. The van der Waals surface area contributed by atoms with Crippen LogP contribution in [0, 0.1) is 11.8 Å². The second kappa shape index (κ2) is 5.54. The third kappa shape index (κ3) is 8.10. The third-order valence-corrected chi connectivity index (χ3v) is 2.87. The van der Waals surface area contributed by atoms with E-state index in [1.165, 1.54) is 0 Å². The third-order valence-electron chi connectivity index (χ3n) is 2.76. The molecule has 92 valence electrons. The lowest BCUT2D eigenvalue weighted by Gasteiger charge is -2.32. The Hall–Kier alpha value is 0.250. The Balaban J connectivity index is 4.07. The number of hydrogen-bond acceptors (Lipinski definition) is 1. The predicted molar refractivity (Wildman–Crippen MR) is 68.6 cm³/mol. The normalized spacial score (nSPS) is 15.8. The zero-order valence-electron chi connectivity index (χ0n) is 11.4. The van der Waals surface area contributed by atoms with Crippen LogP contribution in [0.4, 0.5) is 0 Å². The summed E-state index contributed by atoms with van der Waals surface area (Å²) in [6.45, 7) is 15.7. The van der Waals surface area contributed by atoms with Crippen molar-refractivity contribution in [3.05, 3.63) is 0 Å². The van der Waals surface area contributed by atoms with Gasteiger partial charge in [0, 0.05) is 0 Å². The highest BCUT2D eigenvalue weighted by atomic mass is 35.5. The van der Waals surface area contributed by atoms with E-state index < -0.39 is 0 Å². The molecule has 0 fully saturated rings. The van der Waals surface area contributed by atoms with E-state index in [4.69, 9.17) is 16.3 Å². The molecule has 0 aliphatic rings. The molecule has 0 saturated carbocycles. The fourth-order valence-electron chi connectivity index (χ4n) is 1.44. The van der Waals surface area contributed by atoms with E-state index in [0.717, 1.165) is 6.42 Å². The smallest absolute Gasteiger partial charge is 0.0660 e. The topological polar surface area (TPSA) is 9.23 Å². The number of hydrogen-bond donors (Lipinski definition) is 0. The maximum atomic E-state index is 6.11. The van der Waals surface area contributed by atoms with Gasteiger partial charge in [0.15, 0.2) is 0 Å². The number of rotatable bonds is 6. The van der Waals surface area contributed by atoms with Crippen LogP contribution in [-0.2, 0) is 4.74 Å². The van der Waals surface area contributed by atoms with Crippen LogP contribution in [0.5, 0.6) is 0 Å². The molecule has 0 rings (SSSR count). The van der Waals surface area contributed by atoms with Gasteiger partial charge in [-0.05, 0) is 46.0 Å². The molecule has 0 aromatic carbocycles. The van der Waals surface area contributed by atoms with Gasteiger partial charge < -0.3 is 4.74 Å². The van der Waals surface area contributed by atoms with E-state index in [2.05, 4.69) is 34.6 Å². The highest BCUT2D eigenvalue weighted by Crippen LogP contribution is 2.27. The van der Waals surface area contributed by atoms with Crippen molar-refractivity contribution in [3.8, 4) is 0 Å². The van der Waals surface area contributed by atoms with Crippen molar-refractivity contribution < 1.29 is 4.74 Å². The Kier molecular flexibility index (Phi) is 5.63. The molecular formula is C13H27ClO. The minimum Gasteiger partial charge on any atom is -0.374 e. The van der Waals surface area contributed by atoms with Gasteiger partial charge in [0.2, 0.25) is 0 Å². The molecule has 0 spiro atoms. The van der Waals surface area contributed by atoms with E-state index in [1.54, 1.807) is 0 Å². The summed E-state index contributed by atoms with van der Waals surface area (Å²) in [5, 5.41) is 0. The first-order chi connectivity index (χ1) is 6.53. The largest absolute Gasteiger partial charge is 0.374 e. The van der Waals surface area contributed by atoms with Crippen molar-refractivity contribution in [2.24, 2.45) is 11.8 Å². The fraction of sp³-hybridized carbons (Fsp3) is 1.00. The van der Waals surface area contributed by atoms with Crippen molar-refractivity contribution in [2.45, 2.75) is 65.4 Å². The fourth-order valence-corrected chi connectivity index (χ4v) is 1.49. The van der Waals surface area contributed by atoms with Crippen LogP contribution in [0.15, 0.2) is 0 Å². The van der Waals surface area contributed by atoms with Crippen LogP contribution >= 0.6 is 11.6 Å². The summed E-state index contributed by atoms with van der Waals surface area (Å²) < 4.78 is 5.88. The summed E-state index contributed by atoms with van der Waals surface area (Å²) in [6.07, 6.45) is 1.08. The highest BCUT2D eigenvalue weighted by molar-refractivity contribution is 6.23. The Bertz CT molecular complexity index is 179. The average Bonchev–Trinajstić information content (AvgIpc) is 1.99. The Morgan fingerprint density at radius 2 is 1.53 bits per heavy atom. The van der Waals surface area contributed by atoms with E-state index >= 15 is 0 Å². The predicted octanol–water partition coefficient (Wildman–Crippen LogP) is 4.48. The molecule has 0 radical (unpaired) electrons. The van der Waals surface area contributed by atoms with Crippen LogP contribution in [0.25, 0.3) is 0 Å². The molecule has 1 unspecified atom stereocenters. The number of ether oxygens (including phenoxy) is 1. The molecule has 0 N–H and O–H groups in total. The minimum atomic E-state index is -0.266. The van der Waals surface area contributed by atoms with Crippen LogP contribution in [0.3, 0.4) is 0 Å². The van der Waals surface area contributed by atoms with Gasteiger partial charge in [-0.2, -0.15) is 0 Å². The van der Waals surface area contributed by atoms with Gasteiger partial charge in [0.05, 0.1) is 17.1 Å². The van der Waals surface area contributed by atoms with Gasteiger partial charge in [-0.3, -0.25) is 0 Å². The van der Waals surface area contributed by atoms with Crippen LogP contribution < -0.4 is 0 Å². The summed E-state index contributed by atoms with van der Waals surface area (Å²) in [5.41, 5.74) is -0.0736. The first-order valence-corrected chi connectivity index (χ1v) is 6.24. The molecule has 15 heavy (non-hydrogen) atoms. The van der Waals surface area contributed by atoms with Crippen LogP contribution in [-0.4, -0.2) is 17.1 Å². The van der Waals surface area contributed by atoms with Gasteiger partial charge in [-0.25, -0.2) is 0 Å². The van der Waals surface area contributed by atoms with Gasteiger partial charge >= 0.3 is 0 Å². The van der Waals surface area contributed by atoms with Crippen LogP contribution in [0.1, 0.15) is 54.9 Å². The summed E-state index contributed by atoms with van der Waals surface area (Å²) in [7, 11) is 0. The van der Waals surface area contributed by atoms with E-state index in [-0.39, 0.29) is 10.5 Å². The standard InChI is InChI=1S/C13H27ClO/c1-10(2)11(3)8-13(6,7)15-9-12(4,5)14/h10-11H,8-9H2,1-7H3. The number of alkyl halides is 1. The molecule has 1 atom stereocenters. The molecule has 0 aliphatic carbocycles. The van der Waals surface area contributed by atoms with Crippen molar-refractivity contribution in [3.63, 3.8) is 0 Å². The molecule has 0 saturated heterocycles. The van der Waals surface area contributed by atoms with Crippen LogP contribution in [0.2, 0.25) is 0 Å². The van der Waals surface area contributed by atoms with E-state index in [9.17, 15) is 0 Å². The van der Waals surface area contributed by atoms with Gasteiger partial charge in [0.1, 0.15) is 0 Å².